The third kappa shape index (κ3) is 2.96. The molecule has 0 amide bonds. The maximum atomic E-state index is 12.4. The van der Waals surface area contributed by atoms with E-state index >= 15 is 0 Å². The van der Waals surface area contributed by atoms with E-state index in [0.29, 0.717) is 11.5 Å². The molecule has 1 heterocycles. The first kappa shape index (κ1) is 13.2. The van der Waals surface area contributed by atoms with Crippen molar-refractivity contribution in [3.8, 4) is 0 Å². The lowest BCUT2D eigenvalue weighted by molar-refractivity contribution is 0.0314. The molecular formula is C15H21NO2. The Balaban J connectivity index is 2.11. The number of pyridine rings is 1. The highest BCUT2D eigenvalue weighted by Gasteiger charge is 2.30. The van der Waals surface area contributed by atoms with Crippen LogP contribution in [0.5, 0.6) is 0 Å². The minimum Gasteiger partial charge on any atom is -0.373 e. The number of rotatable bonds is 4. The van der Waals surface area contributed by atoms with E-state index < -0.39 is 0 Å². The summed E-state index contributed by atoms with van der Waals surface area (Å²) in [6.45, 7) is 1.92. The van der Waals surface area contributed by atoms with Gasteiger partial charge in [0.15, 0.2) is 5.78 Å². The summed E-state index contributed by atoms with van der Waals surface area (Å²) in [6, 6.07) is 3.72. The predicted molar refractivity (Wildman–Crippen MR) is 70.7 cm³/mol. The molecule has 1 saturated carbocycles. The first-order valence-electron chi connectivity index (χ1n) is 6.72. The Hall–Kier alpha value is -1.22. The van der Waals surface area contributed by atoms with Gasteiger partial charge in [0.2, 0.25) is 0 Å². The molecule has 1 aliphatic rings. The highest BCUT2D eigenvalue weighted by molar-refractivity contribution is 5.99. The summed E-state index contributed by atoms with van der Waals surface area (Å²) in [5.41, 5.74) is 1.59. The van der Waals surface area contributed by atoms with Crippen LogP contribution in [0.3, 0.4) is 0 Å². The maximum Gasteiger partial charge on any atom is 0.193 e. The number of aromatic nitrogens is 1. The van der Waals surface area contributed by atoms with Gasteiger partial charge in [0.1, 0.15) is 6.10 Å². The molecule has 2 rings (SSSR count). The van der Waals surface area contributed by atoms with E-state index in [9.17, 15) is 4.79 Å². The molecule has 0 spiro atoms. The van der Waals surface area contributed by atoms with Crippen molar-refractivity contribution in [1.82, 2.24) is 4.98 Å². The van der Waals surface area contributed by atoms with Crippen LogP contribution in [0.15, 0.2) is 18.3 Å². The Bertz CT molecular complexity index is 393. The van der Waals surface area contributed by atoms with Crippen LogP contribution in [-0.2, 0) is 4.74 Å². The van der Waals surface area contributed by atoms with E-state index in [1.807, 2.05) is 19.1 Å². The normalized spacial score (nSPS) is 18.6. The van der Waals surface area contributed by atoms with E-state index in [1.165, 1.54) is 19.3 Å². The molecule has 0 N–H and O–H groups in total. The summed E-state index contributed by atoms with van der Waals surface area (Å²) in [6.07, 6.45) is 7.27. The lowest BCUT2D eigenvalue weighted by Gasteiger charge is -2.28. The van der Waals surface area contributed by atoms with E-state index in [0.717, 1.165) is 18.5 Å². The van der Waals surface area contributed by atoms with Gasteiger partial charge in [-0.2, -0.15) is 0 Å². The number of ether oxygens (including phenoxy) is 1. The van der Waals surface area contributed by atoms with Crippen LogP contribution in [0.2, 0.25) is 0 Å². The number of carbonyl (C=O) groups excluding carboxylic acids is 1. The minimum atomic E-state index is -0.296. The zero-order valence-electron chi connectivity index (χ0n) is 11.2. The monoisotopic (exact) mass is 247 g/mol. The largest absolute Gasteiger partial charge is 0.373 e. The van der Waals surface area contributed by atoms with Crippen LogP contribution in [0.25, 0.3) is 0 Å². The maximum absolute atomic E-state index is 12.4. The van der Waals surface area contributed by atoms with Crippen molar-refractivity contribution in [1.29, 1.82) is 0 Å². The molecule has 0 aliphatic heterocycles. The fourth-order valence-electron chi connectivity index (χ4n) is 2.73. The number of ketones is 1. The van der Waals surface area contributed by atoms with Gasteiger partial charge in [-0.05, 0) is 37.8 Å². The molecule has 0 radical (unpaired) electrons. The second kappa shape index (κ2) is 6.10. The van der Waals surface area contributed by atoms with Crippen molar-refractivity contribution >= 4 is 5.78 Å². The Kier molecular flexibility index (Phi) is 4.48. The number of aryl methyl sites for hydroxylation is 1. The van der Waals surface area contributed by atoms with Crippen molar-refractivity contribution in [2.75, 3.05) is 7.11 Å². The molecule has 0 saturated heterocycles. The van der Waals surface area contributed by atoms with Crippen molar-refractivity contribution in [3.05, 3.63) is 29.6 Å². The second-order valence-electron chi connectivity index (χ2n) is 5.11. The van der Waals surface area contributed by atoms with Crippen molar-refractivity contribution in [2.45, 2.75) is 45.1 Å². The highest BCUT2D eigenvalue weighted by atomic mass is 16.5. The highest BCUT2D eigenvalue weighted by Crippen LogP contribution is 2.29. The van der Waals surface area contributed by atoms with Crippen LogP contribution in [-0.4, -0.2) is 24.0 Å². The molecule has 0 aromatic carbocycles. The molecular weight excluding hydrogens is 226 g/mol. The summed E-state index contributed by atoms with van der Waals surface area (Å²) >= 11 is 0. The van der Waals surface area contributed by atoms with Crippen LogP contribution < -0.4 is 0 Å². The topological polar surface area (TPSA) is 39.2 Å². The van der Waals surface area contributed by atoms with E-state index in [2.05, 4.69) is 4.98 Å². The first-order valence-corrected chi connectivity index (χ1v) is 6.72. The molecule has 1 fully saturated rings. The first-order chi connectivity index (χ1) is 8.72. The molecule has 1 aromatic rings. The fraction of sp³-hybridized carbons (Fsp3) is 0.600. The smallest absolute Gasteiger partial charge is 0.193 e. The number of methoxy groups -OCH3 is 1. The van der Waals surface area contributed by atoms with Crippen LogP contribution in [0.1, 0.15) is 48.2 Å². The lowest BCUT2D eigenvalue weighted by atomic mass is 9.82. The van der Waals surface area contributed by atoms with Gasteiger partial charge >= 0.3 is 0 Å². The molecule has 98 valence electrons. The third-order valence-corrected chi connectivity index (χ3v) is 3.79. The fourth-order valence-corrected chi connectivity index (χ4v) is 2.73. The summed E-state index contributed by atoms with van der Waals surface area (Å²) < 4.78 is 5.46. The molecule has 3 heteroatoms. The molecule has 1 unspecified atom stereocenters. The number of nitrogens with zero attached hydrogens (tertiary/aromatic N) is 1. The van der Waals surface area contributed by atoms with Crippen molar-refractivity contribution in [2.24, 2.45) is 5.92 Å². The lowest BCUT2D eigenvalue weighted by Crippen LogP contribution is -2.33. The molecule has 1 atom stereocenters. The van der Waals surface area contributed by atoms with Gasteiger partial charge in [0.25, 0.3) is 0 Å². The van der Waals surface area contributed by atoms with Gasteiger partial charge in [-0.15, -0.1) is 0 Å². The average Bonchev–Trinajstić information content (AvgIpc) is 2.41. The summed E-state index contributed by atoms with van der Waals surface area (Å²) in [5.74, 6) is 0.453. The average molecular weight is 247 g/mol. The van der Waals surface area contributed by atoms with Gasteiger partial charge in [0, 0.05) is 24.6 Å². The summed E-state index contributed by atoms with van der Waals surface area (Å²) in [4.78, 5) is 16.6. The molecule has 3 nitrogen and oxygen atoms in total. The van der Waals surface area contributed by atoms with E-state index in [1.54, 1.807) is 13.3 Å². The van der Waals surface area contributed by atoms with E-state index in [4.69, 9.17) is 4.74 Å². The number of Topliss-reactive ketones (excluding diaryl/α,β-unsaturated/α-hetero) is 1. The third-order valence-electron chi connectivity index (χ3n) is 3.79. The van der Waals surface area contributed by atoms with Crippen molar-refractivity contribution < 1.29 is 9.53 Å². The SMILES string of the molecule is COC(C(=O)c1ccc(C)nc1)C1CCCCC1. The summed E-state index contributed by atoms with van der Waals surface area (Å²) in [5, 5.41) is 0. The quantitative estimate of drug-likeness (QED) is 0.767. The molecule has 1 aliphatic carbocycles. The van der Waals surface area contributed by atoms with Crippen LogP contribution in [0, 0.1) is 12.8 Å². The zero-order chi connectivity index (χ0) is 13.0. The van der Waals surface area contributed by atoms with Crippen LogP contribution >= 0.6 is 0 Å². The number of hydrogen-bond donors (Lipinski definition) is 0. The standard InChI is InChI=1S/C15H21NO2/c1-11-8-9-13(10-16-11)14(17)15(18-2)12-6-4-3-5-7-12/h8-10,12,15H,3-7H2,1-2H3. The van der Waals surface area contributed by atoms with Gasteiger partial charge in [-0.3, -0.25) is 9.78 Å². The Morgan fingerprint density at radius 3 is 2.61 bits per heavy atom. The number of carbonyl (C=O) groups is 1. The predicted octanol–water partition coefficient (Wildman–Crippen LogP) is 3.17. The minimum absolute atomic E-state index is 0.0805. The summed E-state index contributed by atoms with van der Waals surface area (Å²) in [7, 11) is 1.64. The number of hydrogen-bond acceptors (Lipinski definition) is 3. The molecule has 18 heavy (non-hydrogen) atoms. The zero-order valence-corrected chi connectivity index (χ0v) is 11.2. The second-order valence-corrected chi connectivity index (χ2v) is 5.11. The van der Waals surface area contributed by atoms with Gasteiger partial charge < -0.3 is 4.74 Å². The van der Waals surface area contributed by atoms with Gasteiger partial charge in [-0.1, -0.05) is 19.3 Å². The molecule has 0 bridgehead atoms. The van der Waals surface area contributed by atoms with E-state index in [-0.39, 0.29) is 11.9 Å². The Morgan fingerprint density at radius 2 is 2.06 bits per heavy atom. The molecule has 1 aromatic heterocycles. The van der Waals surface area contributed by atoms with Gasteiger partial charge in [-0.25, -0.2) is 0 Å². The van der Waals surface area contributed by atoms with Crippen molar-refractivity contribution in [3.63, 3.8) is 0 Å². The van der Waals surface area contributed by atoms with Gasteiger partial charge in [0.05, 0.1) is 0 Å². The Morgan fingerprint density at radius 1 is 1.33 bits per heavy atom. The Labute approximate surface area is 109 Å². The van der Waals surface area contributed by atoms with Crippen LogP contribution in [0.4, 0.5) is 0 Å².